The van der Waals surface area contributed by atoms with Crippen LogP contribution in [0.3, 0.4) is 0 Å². The van der Waals surface area contributed by atoms with E-state index in [0.29, 0.717) is 31.9 Å². The summed E-state index contributed by atoms with van der Waals surface area (Å²) in [5.74, 6) is 0.0235. The fourth-order valence-electron chi connectivity index (χ4n) is 3.70. The minimum Gasteiger partial charge on any atom is -0.366 e. The maximum Gasteiger partial charge on any atom is 0.193 e. The van der Waals surface area contributed by atoms with E-state index in [4.69, 9.17) is 0 Å². The van der Waals surface area contributed by atoms with E-state index < -0.39 is 5.82 Å². The highest BCUT2D eigenvalue weighted by atomic mass is 19.1. The van der Waals surface area contributed by atoms with Gasteiger partial charge in [-0.15, -0.1) is 0 Å². The first kappa shape index (κ1) is 20.1. The van der Waals surface area contributed by atoms with Crippen molar-refractivity contribution in [3.05, 3.63) is 46.8 Å². The molecule has 1 N–H and O–H groups in total. The summed E-state index contributed by atoms with van der Waals surface area (Å²) in [6.45, 7) is 7.49. The predicted molar refractivity (Wildman–Crippen MR) is 108 cm³/mol. The lowest BCUT2D eigenvalue weighted by Gasteiger charge is -2.37. The summed E-state index contributed by atoms with van der Waals surface area (Å²) in [6.07, 6.45) is 0.874. The number of rotatable bonds is 4. The van der Waals surface area contributed by atoms with Crippen LogP contribution >= 0.6 is 0 Å². The zero-order chi connectivity index (χ0) is 20.3. The molecular formula is C20H28F2N6. The van der Waals surface area contributed by atoms with Crippen molar-refractivity contribution in [1.29, 1.82) is 0 Å². The number of hydrogen-bond donors (Lipinski definition) is 1. The van der Waals surface area contributed by atoms with Crippen LogP contribution in [0.2, 0.25) is 0 Å². The monoisotopic (exact) mass is 390 g/mol. The van der Waals surface area contributed by atoms with Crippen molar-refractivity contribution in [3.8, 4) is 0 Å². The largest absolute Gasteiger partial charge is 0.366 e. The molecule has 152 valence electrons. The van der Waals surface area contributed by atoms with E-state index in [0.717, 1.165) is 30.7 Å². The molecule has 1 aliphatic heterocycles. The van der Waals surface area contributed by atoms with E-state index >= 15 is 0 Å². The lowest BCUT2D eigenvalue weighted by atomic mass is 10.1. The van der Waals surface area contributed by atoms with Crippen molar-refractivity contribution >= 4 is 11.6 Å². The van der Waals surface area contributed by atoms with Gasteiger partial charge in [0.15, 0.2) is 5.96 Å². The minimum atomic E-state index is -0.419. The van der Waals surface area contributed by atoms with Crippen LogP contribution in [0.5, 0.6) is 0 Å². The highest BCUT2D eigenvalue weighted by Crippen LogP contribution is 2.22. The second-order valence-electron chi connectivity index (χ2n) is 7.07. The number of nitrogens with one attached hydrogen (secondary N) is 1. The van der Waals surface area contributed by atoms with Crippen molar-refractivity contribution in [3.63, 3.8) is 0 Å². The molecular weight excluding hydrogens is 362 g/mol. The van der Waals surface area contributed by atoms with Gasteiger partial charge in [-0.1, -0.05) is 0 Å². The van der Waals surface area contributed by atoms with Crippen LogP contribution in [0.1, 0.15) is 17.0 Å². The van der Waals surface area contributed by atoms with E-state index in [9.17, 15) is 8.78 Å². The topological polar surface area (TPSA) is 48.7 Å². The predicted octanol–water partition coefficient (Wildman–Crippen LogP) is 2.26. The van der Waals surface area contributed by atoms with Gasteiger partial charge in [-0.25, -0.2) is 8.78 Å². The number of piperazine rings is 1. The minimum absolute atomic E-state index is 0.324. The van der Waals surface area contributed by atoms with Crippen LogP contribution in [0.4, 0.5) is 14.5 Å². The molecule has 1 aromatic carbocycles. The van der Waals surface area contributed by atoms with Crippen molar-refractivity contribution < 1.29 is 8.78 Å². The molecule has 1 aromatic heterocycles. The molecule has 1 aliphatic rings. The Morgan fingerprint density at radius 3 is 2.50 bits per heavy atom. The highest BCUT2D eigenvalue weighted by Gasteiger charge is 2.22. The van der Waals surface area contributed by atoms with Gasteiger partial charge < -0.3 is 15.1 Å². The molecule has 3 rings (SSSR count). The maximum atomic E-state index is 14.0. The molecule has 2 heterocycles. The zero-order valence-electron chi connectivity index (χ0n) is 17.0. The van der Waals surface area contributed by atoms with Gasteiger partial charge in [0.25, 0.3) is 0 Å². The number of aromatic nitrogens is 2. The Morgan fingerprint density at radius 2 is 1.89 bits per heavy atom. The summed E-state index contributed by atoms with van der Waals surface area (Å²) >= 11 is 0. The Labute approximate surface area is 164 Å². The van der Waals surface area contributed by atoms with Gasteiger partial charge in [-0.05, 0) is 38.0 Å². The molecule has 2 aromatic rings. The molecule has 0 saturated carbocycles. The molecule has 0 amide bonds. The standard InChI is InChI=1S/C20H28F2N6/c1-14-17(15(2)26(4)25-14)7-8-24-20(23-3)28-11-9-27(10-12-28)19-13-16(21)5-6-18(19)22/h5-6,13H,7-12H2,1-4H3,(H,23,24). The van der Waals surface area contributed by atoms with Crippen LogP contribution in [0, 0.1) is 25.5 Å². The Bertz CT molecular complexity index is 853. The van der Waals surface area contributed by atoms with Gasteiger partial charge in [-0.3, -0.25) is 9.67 Å². The molecule has 0 bridgehead atoms. The molecule has 0 spiro atoms. The Hall–Kier alpha value is -2.64. The summed E-state index contributed by atoms with van der Waals surface area (Å²) in [6, 6.07) is 3.59. The lowest BCUT2D eigenvalue weighted by molar-refractivity contribution is 0.371. The summed E-state index contributed by atoms with van der Waals surface area (Å²) in [4.78, 5) is 8.41. The maximum absolute atomic E-state index is 14.0. The quantitative estimate of drug-likeness (QED) is 0.643. The average Bonchev–Trinajstić information content (AvgIpc) is 2.93. The number of halogens is 2. The smallest absolute Gasteiger partial charge is 0.193 e. The van der Waals surface area contributed by atoms with Crippen molar-refractivity contribution in [2.24, 2.45) is 12.0 Å². The van der Waals surface area contributed by atoms with E-state index in [-0.39, 0.29) is 5.82 Å². The molecule has 1 fully saturated rings. The number of nitrogens with zero attached hydrogens (tertiary/aromatic N) is 5. The third kappa shape index (κ3) is 4.26. The van der Waals surface area contributed by atoms with E-state index in [1.54, 1.807) is 7.05 Å². The normalized spacial score (nSPS) is 15.3. The van der Waals surface area contributed by atoms with Crippen LogP contribution < -0.4 is 10.2 Å². The van der Waals surface area contributed by atoms with Gasteiger partial charge in [0.05, 0.1) is 11.4 Å². The van der Waals surface area contributed by atoms with Gasteiger partial charge in [0.1, 0.15) is 11.6 Å². The number of hydrogen-bond acceptors (Lipinski definition) is 3. The van der Waals surface area contributed by atoms with Gasteiger partial charge in [-0.2, -0.15) is 5.10 Å². The summed E-state index contributed by atoms with van der Waals surface area (Å²) in [5, 5.41) is 7.87. The van der Waals surface area contributed by atoms with Crippen LogP contribution in [-0.4, -0.2) is 60.4 Å². The summed E-state index contributed by atoms with van der Waals surface area (Å²) in [5.41, 5.74) is 3.82. The second-order valence-corrected chi connectivity index (χ2v) is 7.07. The number of benzene rings is 1. The van der Waals surface area contributed by atoms with E-state index in [1.165, 1.54) is 23.4 Å². The van der Waals surface area contributed by atoms with Gasteiger partial charge >= 0.3 is 0 Å². The first-order valence-electron chi connectivity index (χ1n) is 9.55. The fraction of sp³-hybridized carbons (Fsp3) is 0.500. The Balaban J connectivity index is 1.54. The number of anilines is 1. The van der Waals surface area contributed by atoms with Crippen LogP contribution in [0.15, 0.2) is 23.2 Å². The lowest BCUT2D eigenvalue weighted by Crippen LogP contribution is -2.53. The van der Waals surface area contributed by atoms with Crippen molar-refractivity contribution in [1.82, 2.24) is 20.0 Å². The first-order valence-corrected chi connectivity index (χ1v) is 9.55. The Morgan fingerprint density at radius 1 is 1.18 bits per heavy atom. The van der Waals surface area contributed by atoms with Gasteiger partial charge in [0, 0.05) is 58.6 Å². The summed E-state index contributed by atoms with van der Waals surface area (Å²) < 4.78 is 29.4. The SMILES string of the molecule is CN=C(NCCc1c(C)nn(C)c1C)N1CCN(c2cc(F)ccc2F)CC1. The van der Waals surface area contributed by atoms with Gasteiger partial charge in [0.2, 0.25) is 0 Å². The fourth-order valence-corrected chi connectivity index (χ4v) is 3.70. The first-order chi connectivity index (χ1) is 13.4. The van der Waals surface area contributed by atoms with Crippen molar-refractivity contribution in [2.45, 2.75) is 20.3 Å². The molecule has 0 atom stereocenters. The van der Waals surface area contributed by atoms with Crippen LogP contribution in [-0.2, 0) is 13.5 Å². The second kappa shape index (κ2) is 8.58. The molecule has 6 nitrogen and oxygen atoms in total. The molecule has 0 unspecified atom stereocenters. The third-order valence-corrected chi connectivity index (χ3v) is 5.36. The zero-order valence-corrected chi connectivity index (χ0v) is 17.0. The molecule has 0 radical (unpaired) electrons. The van der Waals surface area contributed by atoms with Crippen molar-refractivity contribution in [2.75, 3.05) is 44.7 Å². The molecule has 28 heavy (non-hydrogen) atoms. The Kier molecular flexibility index (Phi) is 6.16. The average molecular weight is 390 g/mol. The van der Waals surface area contributed by atoms with E-state index in [1.807, 2.05) is 23.6 Å². The summed E-state index contributed by atoms with van der Waals surface area (Å²) in [7, 11) is 3.72. The van der Waals surface area contributed by atoms with Crippen LogP contribution in [0.25, 0.3) is 0 Å². The number of guanidine groups is 1. The molecule has 8 heteroatoms. The molecule has 1 saturated heterocycles. The number of aryl methyl sites for hydroxylation is 2. The number of aliphatic imine (C=N–C) groups is 1. The molecule has 0 aliphatic carbocycles. The van der Waals surface area contributed by atoms with E-state index in [2.05, 4.69) is 27.2 Å². The highest BCUT2D eigenvalue weighted by molar-refractivity contribution is 5.80. The third-order valence-electron chi connectivity index (χ3n) is 5.36.